The summed E-state index contributed by atoms with van der Waals surface area (Å²) in [5, 5.41) is 4.31. The van der Waals surface area contributed by atoms with E-state index in [9.17, 15) is 4.79 Å². The number of benzene rings is 2. The SMILES string of the molecule is CCOc1ccc(Oc2ccc3cc(C(C)NC(C)=O)ccc3n2)c(Cl)c1. The minimum absolute atomic E-state index is 0.0586. The second-order valence-corrected chi connectivity index (χ2v) is 6.56. The van der Waals surface area contributed by atoms with Crippen LogP contribution in [-0.2, 0) is 4.79 Å². The van der Waals surface area contributed by atoms with Gasteiger partial charge in [-0.2, -0.15) is 0 Å². The van der Waals surface area contributed by atoms with Crippen LogP contribution in [0.5, 0.6) is 17.4 Å². The molecule has 3 rings (SSSR count). The summed E-state index contributed by atoms with van der Waals surface area (Å²) < 4.78 is 11.2. The van der Waals surface area contributed by atoms with Gasteiger partial charge in [0.25, 0.3) is 0 Å². The zero-order valence-electron chi connectivity index (χ0n) is 15.5. The second kappa shape index (κ2) is 8.27. The molecule has 1 atom stereocenters. The van der Waals surface area contributed by atoms with E-state index in [1.54, 1.807) is 24.3 Å². The van der Waals surface area contributed by atoms with Gasteiger partial charge in [0.1, 0.15) is 11.5 Å². The van der Waals surface area contributed by atoms with Gasteiger partial charge in [-0.1, -0.05) is 17.7 Å². The second-order valence-electron chi connectivity index (χ2n) is 6.15. The van der Waals surface area contributed by atoms with E-state index in [-0.39, 0.29) is 11.9 Å². The van der Waals surface area contributed by atoms with Gasteiger partial charge >= 0.3 is 0 Å². The van der Waals surface area contributed by atoms with Crippen molar-refractivity contribution in [3.05, 3.63) is 59.1 Å². The first-order valence-corrected chi connectivity index (χ1v) is 9.12. The van der Waals surface area contributed by atoms with Gasteiger partial charge in [-0.25, -0.2) is 4.98 Å². The highest BCUT2D eigenvalue weighted by molar-refractivity contribution is 6.32. The summed E-state index contributed by atoms with van der Waals surface area (Å²) in [7, 11) is 0. The maximum absolute atomic E-state index is 11.2. The van der Waals surface area contributed by atoms with E-state index in [4.69, 9.17) is 21.1 Å². The predicted octanol–water partition coefficient (Wildman–Crippen LogP) is 5.28. The van der Waals surface area contributed by atoms with Crippen LogP contribution in [0.1, 0.15) is 32.4 Å². The van der Waals surface area contributed by atoms with Crippen molar-refractivity contribution in [1.29, 1.82) is 0 Å². The molecular weight excluding hydrogens is 364 g/mol. The van der Waals surface area contributed by atoms with Crippen LogP contribution < -0.4 is 14.8 Å². The van der Waals surface area contributed by atoms with Crippen LogP contribution in [0.3, 0.4) is 0 Å². The van der Waals surface area contributed by atoms with Crippen LogP contribution in [0.25, 0.3) is 10.9 Å². The lowest BCUT2D eigenvalue weighted by atomic mass is 10.1. The Balaban J connectivity index is 1.81. The Morgan fingerprint density at radius 3 is 2.70 bits per heavy atom. The third kappa shape index (κ3) is 4.68. The maximum atomic E-state index is 11.2. The number of carbonyl (C=O) groups is 1. The highest BCUT2D eigenvalue weighted by Gasteiger charge is 2.10. The fraction of sp³-hybridized carbons (Fsp3) is 0.238. The molecule has 0 saturated heterocycles. The van der Waals surface area contributed by atoms with Crippen LogP contribution in [0.2, 0.25) is 5.02 Å². The molecule has 0 aliphatic rings. The molecule has 5 nitrogen and oxygen atoms in total. The summed E-state index contributed by atoms with van der Waals surface area (Å²) in [6.07, 6.45) is 0. The molecule has 6 heteroatoms. The highest BCUT2D eigenvalue weighted by atomic mass is 35.5. The number of hydrogen-bond donors (Lipinski definition) is 1. The molecule has 0 aliphatic heterocycles. The fourth-order valence-electron chi connectivity index (χ4n) is 2.77. The molecule has 0 radical (unpaired) electrons. The highest BCUT2D eigenvalue weighted by Crippen LogP contribution is 2.32. The van der Waals surface area contributed by atoms with Gasteiger partial charge in [0.15, 0.2) is 0 Å². The number of amides is 1. The van der Waals surface area contributed by atoms with E-state index < -0.39 is 0 Å². The molecule has 1 unspecified atom stereocenters. The van der Waals surface area contributed by atoms with Gasteiger partial charge < -0.3 is 14.8 Å². The Labute approximate surface area is 163 Å². The first-order valence-electron chi connectivity index (χ1n) is 8.74. The van der Waals surface area contributed by atoms with Gasteiger partial charge in [-0.3, -0.25) is 4.79 Å². The van der Waals surface area contributed by atoms with Crippen molar-refractivity contribution < 1.29 is 14.3 Å². The van der Waals surface area contributed by atoms with E-state index in [0.29, 0.717) is 29.0 Å². The third-order valence-electron chi connectivity index (χ3n) is 4.04. The first-order chi connectivity index (χ1) is 13.0. The standard InChI is InChI=1S/C21H21ClN2O3/c1-4-26-17-7-9-20(18(22)12-17)27-21-10-6-16-11-15(5-8-19(16)24-21)13(2)23-14(3)25/h5-13H,4H2,1-3H3,(H,23,25). The first kappa shape index (κ1) is 19.0. The molecule has 0 aliphatic carbocycles. The van der Waals surface area contributed by atoms with E-state index in [0.717, 1.165) is 16.5 Å². The van der Waals surface area contributed by atoms with Crippen molar-refractivity contribution >= 4 is 28.4 Å². The molecule has 1 N–H and O–H groups in total. The van der Waals surface area contributed by atoms with Gasteiger partial charge in [-0.05, 0) is 49.7 Å². The molecule has 0 fully saturated rings. The summed E-state index contributed by atoms with van der Waals surface area (Å²) in [5.41, 5.74) is 1.82. The lowest BCUT2D eigenvalue weighted by molar-refractivity contribution is -0.119. The molecule has 0 spiro atoms. The average molecular weight is 385 g/mol. The molecule has 27 heavy (non-hydrogen) atoms. The summed E-state index contributed by atoms with van der Waals surface area (Å²) in [4.78, 5) is 15.8. The van der Waals surface area contributed by atoms with Crippen LogP contribution in [0.15, 0.2) is 48.5 Å². The Morgan fingerprint density at radius 2 is 2.00 bits per heavy atom. The van der Waals surface area contributed by atoms with Crippen molar-refractivity contribution in [2.24, 2.45) is 0 Å². The van der Waals surface area contributed by atoms with Gasteiger partial charge in [-0.15, -0.1) is 0 Å². The smallest absolute Gasteiger partial charge is 0.219 e. The molecule has 1 aromatic heterocycles. The number of fused-ring (bicyclic) bond motifs is 1. The quantitative estimate of drug-likeness (QED) is 0.628. The van der Waals surface area contributed by atoms with Crippen LogP contribution >= 0.6 is 11.6 Å². The van der Waals surface area contributed by atoms with Crippen LogP contribution in [0.4, 0.5) is 0 Å². The lowest BCUT2D eigenvalue weighted by Gasteiger charge is -2.14. The van der Waals surface area contributed by atoms with Crippen molar-refractivity contribution in [3.8, 4) is 17.4 Å². The number of carbonyl (C=O) groups excluding carboxylic acids is 1. The molecule has 0 saturated carbocycles. The Bertz CT molecular complexity index is 975. The van der Waals surface area contributed by atoms with Gasteiger partial charge in [0.05, 0.1) is 23.2 Å². The summed E-state index contributed by atoms with van der Waals surface area (Å²) >= 11 is 6.26. The fourth-order valence-corrected chi connectivity index (χ4v) is 2.98. The Hall–Kier alpha value is -2.79. The van der Waals surface area contributed by atoms with Crippen molar-refractivity contribution in [1.82, 2.24) is 10.3 Å². The predicted molar refractivity (Wildman–Crippen MR) is 107 cm³/mol. The molecule has 1 heterocycles. The van der Waals surface area contributed by atoms with Crippen LogP contribution in [-0.4, -0.2) is 17.5 Å². The van der Waals surface area contributed by atoms with Gasteiger partial charge in [0, 0.05) is 24.4 Å². The monoisotopic (exact) mass is 384 g/mol. The van der Waals surface area contributed by atoms with Crippen molar-refractivity contribution in [2.75, 3.05) is 6.61 Å². The van der Waals surface area contributed by atoms with Gasteiger partial charge in [0.2, 0.25) is 11.8 Å². The van der Waals surface area contributed by atoms with Crippen molar-refractivity contribution in [3.63, 3.8) is 0 Å². The normalized spacial score (nSPS) is 11.9. The minimum Gasteiger partial charge on any atom is -0.494 e. The van der Waals surface area contributed by atoms with E-state index in [1.165, 1.54) is 6.92 Å². The number of nitrogens with one attached hydrogen (secondary N) is 1. The van der Waals surface area contributed by atoms with Crippen LogP contribution in [0, 0.1) is 0 Å². The zero-order valence-corrected chi connectivity index (χ0v) is 16.2. The number of halogens is 1. The molecule has 140 valence electrons. The summed E-state index contributed by atoms with van der Waals surface area (Å²) in [5.74, 6) is 1.61. The minimum atomic E-state index is -0.0644. The largest absolute Gasteiger partial charge is 0.494 e. The summed E-state index contributed by atoms with van der Waals surface area (Å²) in [6, 6.07) is 14.8. The number of ether oxygens (including phenoxy) is 2. The molecule has 2 aromatic carbocycles. The lowest BCUT2D eigenvalue weighted by Crippen LogP contribution is -2.23. The number of pyridine rings is 1. The summed E-state index contributed by atoms with van der Waals surface area (Å²) in [6.45, 7) is 5.95. The van der Waals surface area contributed by atoms with E-state index in [2.05, 4.69) is 10.3 Å². The zero-order chi connectivity index (χ0) is 19.4. The topological polar surface area (TPSA) is 60.5 Å². The third-order valence-corrected chi connectivity index (χ3v) is 4.33. The molecule has 3 aromatic rings. The number of nitrogens with zero attached hydrogens (tertiary/aromatic N) is 1. The van der Waals surface area contributed by atoms with E-state index in [1.807, 2.05) is 38.1 Å². The van der Waals surface area contributed by atoms with E-state index >= 15 is 0 Å². The Morgan fingerprint density at radius 1 is 1.19 bits per heavy atom. The molecular formula is C21H21ClN2O3. The number of aromatic nitrogens is 1. The Kier molecular flexibility index (Phi) is 5.81. The number of hydrogen-bond acceptors (Lipinski definition) is 4. The number of rotatable bonds is 6. The molecule has 1 amide bonds. The maximum Gasteiger partial charge on any atom is 0.219 e. The average Bonchev–Trinajstić information content (AvgIpc) is 2.63. The van der Waals surface area contributed by atoms with Crippen molar-refractivity contribution in [2.45, 2.75) is 26.8 Å². The molecule has 0 bridgehead atoms.